The van der Waals surface area contributed by atoms with Crippen molar-refractivity contribution in [1.29, 1.82) is 0 Å². The Morgan fingerprint density at radius 2 is 1.74 bits per heavy atom. The number of urea groups is 1. The van der Waals surface area contributed by atoms with Crippen LogP contribution in [0.15, 0.2) is 24.3 Å². The van der Waals surface area contributed by atoms with E-state index in [0.29, 0.717) is 4.90 Å². The molecule has 2 amide bonds. The number of hydrogen-bond donors (Lipinski definition) is 2. The Hall–Kier alpha value is -2.46. The number of nitrogens with zero attached hydrogens (tertiary/aromatic N) is 1. The molecule has 1 saturated heterocycles. The van der Waals surface area contributed by atoms with Crippen LogP contribution in [0.3, 0.4) is 0 Å². The highest BCUT2D eigenvalue weighted by Crippen LogP contribution is 2.37. The number of likely N-dealkylation sites (tertiary alicyclic amines) is 1. The molecule has 1 aromatic rings. The first-order valence-corrected chi connectivity index (χ1v) is 7.88. The van der Waals surface area contributed by atoms with Crippen LogP contribution in [0.4, 0.5) is 31.1 Å². The van der Waals surface area contributed by atoms with E-state index >= 15 is 0 Å². The van der Waals surface area contributed by atoms with Crippen molar-refractivity contribution in [3.05, 3.63) is 35.4 Å². The molecule has 2 N–H and O–H groups in total. The summed E-state index contributed by atoms with van der Waals surface area (Å²) in [4.78, 5) is 23.7. The van der Waals surface area contributed by atoms with Gasteiger partial charge in [-0.05, 0) is 18.1 Å². The number of aliphatic carboxylic acids is 1. The third-order valence-corrected chi connectivity index (χ3v) is 4.34. The number of carbonyl (C=O) groups is 2. The Morgan fingerprint density at radius 1 is 1.11 bits per heavy atom. The molecule has 11 heteroatoms. The van der Waals surface area contributed by atoms with Crippen LogP contribution in [0.25, 0.3) is 0 Å². The van der Waals surface area contributed by atoms with E-state index in [0.717, 1.165) is 6.07 Å². The Kier molecular flexibility index (Phi) is 5.91. The molecule has 0 aliphatic carbocycles. The number of rotatable bonds is 4. The van der Waals surface area contributed by atoms with E-state index in [9.17, 15) is 35.9 Å². The molecule has 1 aliphatic heterocycles. The second-order valence-corrected chi connectivity index (χ2v) is 6.13. The number of alkyl halides is 6. The van der Waals surface area contributed by atoms with Gasteiger partial charge in [0.1, 0.15) is 0 Å². The molecule has 1 fully saturated rings. The number of benzene rings is 1. The Balaban J connectivity index is 1.97. The number of halogens is 6. The Labute approximate surface area is 149 Å². The van der Waals surface area contributed by atoms with Crippen molar-refractivity contribution in [2.24, 2.45) is 11.8 Å². The van der Waals surface area contributed by atoms with E-state index in [4.69, 9.17) is 5.11 Å². The summed E-state index contributed by atoms with van der Waals surface area (Å²) in [5.41, 5.74) is -0.924. The average Bonchev–Trinajstić information content (AvgIpc) is 3.00. The smallest absolute Gasteiger partial charge is 0.416 e. The van der Waals surface area contributed by atoms with Crippen LogP contribution in [0.2, 0.25) is 0 Å². The van der Waals surface area contributed by atoms with E-state index in [2.05, 4.69) is 5.32 Å². The molecular weight excluding hydrogens is 382 g/mol. The molecule has 0 bridgehead atoms. The van der Waals surface area contributed by atoms with E-state index in [1.807, 2.05) is 0 Å². The lowest BCUT2D eigenvalue weighted by Gasteiger charge is -2.19. The predicted octanol–water partition coefficient (Wildman–Crippen LogP) is 3.15. The molecule has 1 aliphatic rings. The van der Waals surface area contributed by atoms with Gasteiger partial charge in [0.25, 0.3) is 0 Å². The highest BCUT2D eigenvalue weighted by Gasteiger charge is 2.53. The van der Waals surface area contributed by atoms with E-state index < -0.39 is 54.8 Å². The zero-order chi connectivity index (χ0) is 20.4. The number of carbonyl (C=O) groups excluding carboxylic acids is 1. The number of carboxylic acids is 1. The summed E-state index contributed by atoms with van der Waals surface area (Å²) in [6.07, 6.45) is -9.52. The van der Waals surface area contributed by atoms with Crippen molar-refractivity contribution in [1.82, 2.24) is 10.2 Å². The van der Waals surface area contributed by atoms with Gasteiger partial charge in [-0.15, -0.1) is 0 Å². The van der Waals surface area contributed by atoms with Crippen LogP contribution in [0.1, 0.15) is 11.1 Å². The van der Waals surface area contributed by atoms with Crippen LogP contribution < -0.4 is 5.32 Å². The largest absolute Gasteiger partial charge is 0.481 e. The third-order valence-electron chi connectivity index (χ3n) is 4.34. The SMILES string of the molecule is O=C(O)[C@@H]1CN(C(=O)NCCc2ccccc2C(F)(F)F)C[C@H]1C(F)(F)F. The lowest BCUT2D eigenvalue weighted by atomic mass is 9.96. The summed E-state index contributed by atoms with van der Waals surface area (Å²) in [5, 5.41) is 11.2. The minimum atomic E-state index is -4.77. The minimum absolute atomic E-state index is 0.0664. The highest BCUT2D eigenvalue weighted by atomic mass is 19.4. The summed E-state index contributed by atoms with van der Waals surface area (Å²) >= 11 is 0. The first-order chi connectivity index (χ1) is 12.4. The molecule has 0 spiro atoms. The van der Waals surface area contributed by atoms with Gasteiger partial charge in [-0.3, -0.25) is 4.79 Å². The maximum absolute atomic E-state index is 12.9. The van der Waals surface area contributed by atoms with Crippen molar-refractivity contribution in [3.8, 4) is 0 Å². The van der Waals surface area contributed by atoms with Crippen LogP contribution >= 0.6 is 0 Å². The molecule has 1 heterocycles. The number of carboxylic acid groups (broad SMARTS) is 1. The maximum atomic E-state index is 12.9. The van der Waals surface area contributed by atoms with Gasteiger partial charge in [-0.25, -0.2) is 4.79 Å². The van der Waals surface area contributed by atoms with Gasteiger partial charge in [0, 0.05) is 19.6 Å². The predicted molar refractivity (Wildman–Crippen MR) is 80.8 cm³/mol. The zero-order valence-electron chi connectivity index (χ0n) is 13.8. The molecule has 2 atom stereocenters. The fraction of sp³-hybridized carbons (Fsp3) is 0.500. The van der Waals surface area contributed by atoms with Gasteiger partial charge in [0.05, 0.1) is 17.4 Å². The Bertz CT molecular complexity index is 704. The number of nitrogens with one attached hydrogen (secondary N) is 1. The first-order valence-electron chi connectivity index (χ1n) is 7.88. The summed E-state index contributed by atoms with van der Waals surface area (Å²) in [6, 6.07) is 3.81. The Morgan fingerprint density at radius 3 is 2.26 bits per heavy atom. The molecule has 0 saturated carbocycles. The monoisotopic (exact) mass is 398 g/mol. The average molecular weight is 398 g/mol. The van der Waals surface area contributed by atoms with Gasteiger partial charge in [-0.1, -0.05) is 18.2 Å². The fourth-order valence-electron chi connectivity index (χ4n) is 2.98. The first kappa shape index (κ1) is 20.8. The van der Waals surface area contributed by atoms with Gasteiger partial charge in [0.2, 0.25) is 0 Å². The van der Waals surface area contributed by atoms with Gasteiger partial charge in [0.15, 0.2) is 0 Å². The normalized spacial score (nSPS) is 20.6. The highest BCUT2D eigenvalue weighted by molar-refractivity contribution is 5.77. The summed E-state index contributed by atoms with van der Waals surface area (Å²) < 4.78 is 77.4. The van der Waals surface area contributed by atoms with E-state index in [-0.39, 0.29) is 18.5 Å². The molecule has 150 valence electrons. The number of hydrogen-bond acceptors (Lipinski definition) is 2. The fourth-order valence-corrected chi connectivity index (χ4v) is 2.98. The molecule has 0 radical (unpaired) electrons. The van der Waals surface area contributed by atoms with E-state index in [1.54, 1.807) is 0 Å². The summed E-state index contributed by atoms with van der Waals surface area (Å²) in [7, 11) is 0. The summed E-state index contributed by atoms with van der Waals surface area (Å²) in [6.45, 7) is -1.67. The lowest BCUT2D eigenvalue weighted by Crippen LogP contribution is -2.40. The number of amides is 2. The zero-order valence-corrected chi connectivity index (χ0v) is 13.8. The topological polar surface area (TPSA) is 69.6 Å². The third kappa shape index (κ3) is 5.04. The van der Waals surface area contributed by atoms with Crippen LogP contribution in [0, 0.1) is 11.8 Å². The minimum Gasteiger partial charge on any atom is -0.481 e. The van der Waals surface area contributed by atoms with Crippen LogP contribution in [-0.2, 0) is 17.4 Å². The standard InChI is InChI=1S/C16H16F6N2O3/c17-15(18,19)11-4-2-1-3-9(11)5-6-23-14(27)24-7-10(13(25)26)12(8-24)16(20,21)22/h1-4,10,12H,5-8H2,(H,23,27)(H,25,26)/t10-,12-/m1/s1. The summed E-state index contributed by atoms with van der Waals surface area (Å²) in [5.74, 6) is -5.62. The molecule has 5 nitrogen and oxygen atoms in total. The van der Waals surface area contributed by atoms with Crippen molar-refractivity contribution in [3.63, 3.8) is 0 Å². The maximum Gasteiger partial charge on any atom is 0.416 e. The molecule has 0 unspecified atom stereocenters. The van der Waals surface area contributed by atoms with Crippen molar-refractivity contribution in [2.75, 3.05) is 19.6 Å². The molecule has 2 rings (SSSR count). The van der Waals surface area contributed by atoms with Crippen molar-refractivity contribution >= 4 is 12.0 Å². The van der Waals surface area contributed by atoms with Crippen LogP contribution in [-0.4, -0.2) is 47.8 Å². The van der Waals surface area contributed by atoms with Crippen molar-refractivity contribution in [2.45, 2.75) is 18.8 Å². The van der Waals surface area contributed by atoms with Gasteiger partial charge >= 0.3 is 24.4 Å². The lowest BCUT2D eigenvalue weighted by molar-refractivity contribution is -0.187. The van der Waals surface area contributed by atoms with Gasteiger partial charge in [-0.2, -0.15) is 26.3 Å². The molecule has 27 heavy (non-hydrogen) atoms. The quantitative estimate of drug-likeness (QED) is 0.766. The second-order valence-electron chi connectivity index (χ2n) is 6.13. The van der Waals surface area contributed by atoms with Gasteiger partial charge < -0.3 is 15.3 Å². The molecular formula is C16H16F6N2O3. The van der Waals surface area contributed by atoms with E-state index in [1.165, 1.54) is 18.2 Å². The van der Waals surface area contributed by atoms with Crippen molar-refractivity contribution < 1.29 is 41.0 Å². The second kappa shape index (κ2) is 7.65. The molecule has 0 aromatic heterocycles. The van der Waals surface area contributed by atoms with Crippen LogP contribution in [0.5, 0.6) is 0 Å². The molecule has 1 aromatic carbocycles.